The van der Waals surface area contributed by atoms with Gasteiger partial charge in [0.1, 0.15) is 22.9 Å². The average molecular weight is 455 g/mol. The first-order valence-corrected chi connectivity index (χ1v) is 11.4. The lowest BCUT2D eigenvalue weighted by atomic mass is 9.87. The zero-order valence-electron chi connectivity index (χ0n) is 20.1. The summed E-state index contributed by atoms with van der Waals surface area (Å²) in [6.45, 7) is 7.09. The second kappa shape index (κ2) is 9.96. The fraction of sp³-hybridized carbons (Fsp3) is 0.241. The molecule has 1 heterocycles. The molecule has 0 saturated heterocycles. The Labute approximate surface area is 200 Å². The van der Waals surface area contributed by atoms with Crippen molar-refractivity contribution in [2.24, 2.45) is 0 Å². The van der Waals surface area contributed by atoms with E-state index in [2.05, 4.69) is 43.2 Å². The molecule has 0 radical (unpaired) electrons. The SMILES string of the molecule is COc1ccc(CCNC(=O)c2cc3cc(Oc4ccc(C(C)(C)C)cc4)ccc3cn2)cc1. The first-order chi connectivity index (χ1) is 16.3. The molecule has 1 aromatic heterocycles. The molecule has 3 aromatic carbocycles. The number of nitrogens with zero attached hydrogens (tertiary/aromatic N) is 1. The summed E-state index contributed by atoms with van der Waals surface area (Å²) in [6.07, 6.45) is 2.45. The molecule has 5 nitrogen and oxygen atoms in total. The standard InChI is InChI=1S/C29H30N2O3/c1-29(2,3)23-8-13-25(14-9-23)34-26-12-7-21-19-31-27(18-22(21)17-26)28(32)30-16-15-20-5-10-24(33-4)11-6-20/h5-14,17-19H,15-16H2,1-4H3,(H,30,32). The van der Waals surface area contributed by atoms with Gasteiger partial charge in [-0.1, -0.05) is 45.0 Å². The summed E-state index contributed by atoms with van der Waals surface area (Å²) in [6, 6.07) is 23.6. The Hall–Kier alpha value is -3.86. The lowest BCUT2D eigenvalue weighted by Crippen LogP contribution is -2.26. The van der Waals surface area contributed by atoms with Crippen LogP contribution in [0.1, 0.15) is 42.4 Å². The quantitative estimate of drug-likeness (QED) is 0.356. The summed E-state index contributed by atoms with van der Waals surface area (Å²) < 4.78 is 11.2. The highest BCUT2D eigenvalue weighted by molar-refractivity contribution is 5.96. The van der Waals surface area contributed by atoms with Crippen LogP contribution in [-0.4, -0.2) is 24.5 Å². The van der Waals surface area contributed by atoms with Crippen LogP contribution in [0.3, 0.4) is 0 Å². The molecule has 1 N–H and O–H groups in total. The molecule has 5 heteroatoms. The Morgan fingerprint density at radius 3 is 2.21 bits per heavy atom. The van der Waals surface area contributed by atoms with E-state index in [1.54, 1.807) is 19.4 Å². The van der Waals surface area contributed by atoms with Gasteiger partial charge in [0.25, 0.3) is 5.91 Å². The van der Waals surface area contributed by atoms with Crippen molar-refractivity contribution in [2.45, 2.75) is 32.6 Å². The fourth-order valence-electron chi connectivity index (χ4n) is 3.67. The van der Waals surface area contributed by atoms with Crippen molar-refractivity contribution in [1.82, 2.24) is 10.3 Å². The van der Waals surface area contributed by atoms with Gasteiger partial charge in [-0.2, -0.15) is 0 Å². The van der Waals surface area contributed by atoms with E-state index in [0.29, 0.717) is 18.0 Å². The van der Waals surface area contributed by atoms with Crippen LogP contribution in [0.4, 0.5) is 0 Å². The molecular formula is C29H30N2O3. The van der Waals surface area contributed by atoms with E-state index in [-0.39, 0.29) is 11.3 Å². The number of hydrogen-bond donors (Lipinski definition) is 1. The van der Waals surface area contributed by atoms with Gasteiger partial charge in [0.15, 0.2) is 0 Å². The molecule has 4 rings (SSSR count). The van der Waals surface area contributed by atoms with Crippen molar-refractivity contribution in [3.63, 3.8) is 0 Å². The van der Waals surface area contributed by atoms with Crippen LogP contribution in [0.15, 0.2) is 79.0 Å². The van der Waals surface area contributed by atoms with Gasteiger partial charge in [0, 0.05) is 18.1 Å². The molecule has 0 unspecified atom stereocenters. The van der Waals surface area contributed by atoms with Crippen molar-refractivity contribution < 1.29 is 14.3 Å². The minimum absolute atomic E-state index is 0.0973. The predicted molar refractivity (Wildman–Crippen MR) is 136 cm³/mol. The van der Waals surface area contributed by atoms with Crippen LogP contribution in [-0.2, 0) is 11.8 Å². The molecule has 34 heavy (non-hydrogen) atoms. The molecule has 0 fully saturated rings. The molecule has 0 aliphatic rings. The van der Waals surface area contributed by atoms with Crippen molar-refractivity contribution >= 4 is 16.7 Å². The van der Waals surface area contributed by atoms with Crippen molar-refractivity contribution in [3.05, 3.63) is 95.8 Å². The number of pyridine rings is 1. The van der Waals surface area contributed by atoms with E-state index >= 15 is 0 Å². The number of ether oxygens (including phenoxy) is 2. The lowest BCUT2D eigenvalue weighted by Gasteiger charge is -2.19. The normalized spacial score (nSPS) is 11.3. The number of carbonyl (C=O) groups excluding carboxylic acids is 1. The average Bonchev–Trinajstić information content (AvgIpc) is 2.83. The maximum Gasteiger partial charge on any atom is 0.269 e. The van der Waals surface area contributed by atoms with Crippen LogP contribution >= 0.6 is 0 Å². The minimum Gasteiger partial charge on any atom is -0.497 e. The Kier molecular flexibility index (Phi) is 6.82. The van der Waals surface area contributed by atoms with E-state index < -0.39 is 0 Å². The highest BCUT2D eigenvalue weighted by atomic mass is 16.5. The van der Waals surface area contributed by atoms with E-state index in [0.717, 1.165) is 34.3 Å². The number of rotatable bonds is 7. The first-order valence-electron chi connectivity index (χ1n) is 11.4. The number of aromatic nitrogens is 1. The molecule has 1 amide bonds. The highest BCUT2D eigenvalue weighted by Gasteiger charge is 2.13. The number of fused-ring (bicyclic) bond motifs is 1. The molecule has 174 valence electrons. The van der Waals surface area contributed by atoms with Crippen LogP contribution < -0.4 is 14.8 Å². The van der Waals surface area contributed by atoms with E-state index in [4.69, 9.17) is 9.47 Å². The molecule has 0 atom stereocenters. The molecular weight excluding hydrogens is 424 g/mol. The topological polar surface area (TPSA) is 60.5 Å². The zero-order chi connectivity index (χ0) is 24.1. The summed E-state index contributed by atoms with van der Waals surface area (Å²) >= 11 is 0. The summed E-state index contributed by atoms with van der Waals surface area (Å²) in [7, 11) is 1.64. The summed E-state index contributed by atoms with van der Waals surface area (Å²) in [5, 5.41) is 4.80. The third-order valence-electron chi connectivity index (χ3n) is 5.74. The van der Waals surface area contributed by atoms with Gasteiger partial charge in [0.05, 0.1) is 7.11 Å². The number of benzene rings is 3. The number of methoxy groups -OCH3 is 1. The van der Waals surface area contributed by atoms with Gasteiger partial charge in [-0.3, -0.25) is 9.78 Å². The van der Waals surface area contributed by atoms with Gasteiger partial charge in [-0.25, -0.2) is 0 Å². The Balaban J connectivity index is 1.41. The Morgan fingerprint density at radius 1 is 0.853 bits per heavy atom. The second-order valence-electron chi connectivity index (χ2n) is 9.31. The predicted octanol–water partition coefficient (Wildman–Crippen LogP) is 6.31. The Morgan fingerprint density at radius 2 is 1.53 bits per heavy atom. The smallest absolute Gasteiger partial charge is 0.269 e. The first kappa shape index (κ1) is 23.3. The highest BCUT2D eigenvalue weighted by Crippen LogP contribution is 2.28. The van der Waals surface area contributed by atoms with Crippen molar-refractivity contribution in [3.8, 4) is 17.2 Å². The second-order valence-corrected chi connectivity index (χ2v) is 9.31. The van der Waals surface area contributed by atoms with Crippen LogP contribution in [0.5, 0.6) is 17.2 Å². The van der Waals surface area contributed by atoms with E-state index in [1.807, 2.05) is 54.6 Å². The fourth-order valence-corrected chi connectivity index (χ4v) is 3.67. The monoisotopic (exact) mass is 454 g/mol. The van der Waals surface area contributed by atoms with Crippen molar-refractivity contribution in [2.75, 3.05) is 13.7 Å². The molecule has 0 saturated carbocycles. The van der Waals surface area contributed by atoms with Crippen LogP contribution in [0.25, 0.3) is 10.8 Å². The number of carbonyl (C=O) groups is 1. The van der Waals surface area contributed by atoms with Gasteiger partial charge in [0.2, 0.25) is 0 Å². The molecule has 0 aliphatic carbocycles. The number of nitrogens with one attached hydrogen (secondary N) is 1. The van der Waals surface area contributed by atoms with E-state index in [1.165, 1.54) is 5.56 Å². The van der Waals surface area contributed by atoms with Gasteiger partial charge < -0.3 is 14.8 Å². The summed E-state index contributed by atoms with van der Waals surface area (Å²) in [5.74, 6) is 2.11. The van der Waals surface area contributed by atoms with Gasteiger partial charge in [-0.15, -0.1) is 0 Å². The largest absolute Gasteiger partial charge is 0.497 e. The third kappa shape index (κ3) is 5.73. The van der Waals surface area contributed by atoms with E-state index in [9.17, 15) is 4.79 Å². The number of hydrogen-bond acceptors (Lipinski definition) is 4. The van der Waals surface area contributed by atoms with Crippen LogP contribution in [0, 0.1) is 0 Å². The lowest BCUT2D eigenvalue weighted by molar-refractivity contribution is 0.0949. The maximum atomic E-state index is 12.6. The van der Waals surface area contributed by atoms with Gasteiger partial charge in [-0.05, 0) is 76.9 Å². The Bertz CT molecular complexity index is 1270. The zero-order valence-corrected chi connectivity index (χ0v) is 20.1. The number of amides is 1. The third-order valence-corrected chi connectivity index (χ3v) is 5.74. The minimum atomic E-state index is -0.195. The van der Waals surface area contributed by atoms with Crippen molar-refractivity contribution in [1.29, 1.82) is 0 Å². The molecule has 4 aromatic rings. The van der Waals surface area contributed by atoms with Crippen LogP contribution in [0.2, 0.25) is 0 Å². The summed E-state index contributed by atoms with van der Waals surface area (Å²) in [4.78, 5) is 17.0. The van der Waals surface area contributed by atoms with Gasteiger partial charge >= 0.3 is 0 Å². The maximum absolute atomic E-state index is 12.6. The molecule has 0 aliphatic heterocycles. The summed E-state index contributed by atoms with van der Waals surface area (Å²) in [5.41, 5.74) is 2.87. The molecule has 0 bridgehead atoms. The molecule has 0 spiro atoms.